The highest BCUT2D eigenvalue weighted by molar-refractivity contribution is 5.74. The maximum atomic E-state index is 11.0. The van der Waals surface area contributed by atoms with Crippen LogP contribution >= 0.6 is 0 Å². The van der Waals surface area contributed by atoms with Crippen LogP contribution in [0.15, 0.2) is 6.33 Å². The Balaban J connectivity index is 2.09. The van der Waals surface area contributed by atoms with Crippen LogP contribution in [-0.4, -0.2) is 43.1 Å². The van der Waals surface area contributed by atoms with Gasteiger partial charge in [-0.1, -0.05) is 0 Å². The topological polar surface area (TPSA) is 93.4 Å². The van der Waals surface area contributed by atoms with E-state index in [1.54, 1.807) is 14.2 Å². The van der Waals surface area contributed by atoms with Crippen LogP contribution in [0.3, 0.4) is 0 Å². The average molecular weight is 279 g/mol. The van der Waals surface area contributed by atoms with Gasteiger partial charge in [0.2, 0.25) is 11.7 Å². The number of piperidine rings is 1. The van der Waals surface area contributed by atoms with E-state index in [0.717, 1.165) is 31.7 Å². The van der Waals surface area contributed by atoms with Crippen molar-refractivity contribution in [2.75, 3.05) is 37.5 Å². The fourth-order valence-electron chi connectivity index (χ4n) is 2.59. The number of anilines is 2. The summed E-state index contributed by atoms with van der Waals surface area (Å²) >= 11 is 0. The van der Waals surface area contributed by atoms with Gasteiger partial charge in [0.25, 0.3) is 0 Å². The molecule has 0 spiro atoms. The van der Waals surface area contributed by atoms with Crippen LogP contribution in [-0.2, 0) is 4.79 Å². The third kappa shape index (κ3) is 3.09. The number of amides is 1. The summed E-state index contributed by atoms with van der Waals surface area (Å²) in [6.45, 7) is 1.68. The molecule has 2 heterocycles. The van der Waals surface area contributed by atoms with Crippen molar-refractivity contribution in [2.24, 2.45) is 11.7 Å². The molecule has 2 rings (SSSR count). The normalized spacial score (nSPS) is 16.0. The predicted octanol–water partition coefficient (Wildman–Crippen LogP) is 0.619. The number of hydrogen-bond donors (Lipinski definition) is 2. The van der Waals surface area contributed by atoms with Crippen LogP contribution in [0.25, 0.3) is 0 Å². The molecule has 1 saturated heterocycles. The number of ether oxygens (including phenoxy) is 1. The lowest BCUT2D eigenvalue weighted by molar-refractivity contribution is -0.119. The van der Waals surface area contributed by atoms with Crippen LogP contribution in [0.1, 0.15) is 19.3 Å². The average Bonchev–Trinajstić information content (AvgIpc) is 2.46. The Morgan fingerprint density at radius 2 is 2.20 bits per heavy atom. The van der Waals surface area contributed by atoms with Gasteiger partial charge in [-0.3, -0.25) is 4.79 Å². The van der Waals surface area contributed by atoms with E-state index in [-0.39, 0.29) is 5.91 Å². The third-order valence-electron chi connectivity index (χ3n) is 3.63. The van der Waals surface area contributed by atoms with Crippen molar-refractivity contribution in [3.8, 4) is 5.75 Å². The summed E-state index contributed by atoms with van der Waals surface area (Å²) in [6, 6.07) is 0. The number of nitrogens with two attached hydrogens (primary N) is 1. The number of primary amides is 1. The maximum Gasteiger partial charge on any atom is 0.217 e. The van der Waals surface area contributed by atoms with Crippen molar-refractivity contribution < 1.29 is 9.53 Å². The van der Waals surface area contributed by atoms with E-state index < -0.39 is 0 Å². The molecular formula is C13H21N5O2. The van der Waals surface area contributed by atoms with Gasteiger partial charge in [0.1, 0.15) is 6.33 Å². The van der Waals surface area contributed by atoms with Gasteiger partial charge in [0.15, 0.2) is 11.6 Å². The van der Waals surface area contributed by atoms with Crippen LogP contribution in [0, 0.1) is 5.92 Å². The first-order valence-corrected chi connectivity index (χ1v) is 6.75. The molecule has 0 atom stereocenters. The molecule has 1 fully saturated rings. The minimum absolute atomic E-state index is 0.222. The molecule has 0 aliphatic carbocycles. The molecule has 0 saturated carbocycles. The molecule has 1 amide bonds. The molecule has 7 nitrogen and oxygen atoms in total. The molecule has 0 unspecified atom stereocenters. The van der Waals surface area contributed by atoms with Gasteiger partial charge in [0.05, 0.1) is 7.11 Å². The van der Waals surface area contributed by atoms with Crippen molar-refractivity contribution in [1.82, 2.24) is 9.97 Å². The summed E-state index contributed by atoms with van der Waals surface area (Å²) in [4.78, 5) is 21.6. The minimum Gasteiger partial charge on any atom is -0.490 e. The number of carbonyl (C=O) groups is 1. The van der Waals surface area contributed by atoms with Gasteiger partial charge in [-0.2, -0.15) is 0 Å². The second kappa shape index (κ2) is 6.40. The number of aromatic nitrogens is 2. The smallest absolute Gasteiger partial charge is 0.217 e. The molecule has 1 aliphatic rings. The van der Waals surface area contributed by atoms with Crippen molar-refractivity contribution in [3.63, 3.8) is 0 Å². The Kier molecular flexibility index (Phi) is 4.60. The molecule has 20 heavy (non-hydrogen) atoms. The number of rotatable bonds is 5. The summed E-state index contributed by atoms with van der Waals surface area (Å²) in [6.07, 6.45) is 3.87. The second-order valence-corrected chi connectivity index (χ2v) is 4.93. The molecule has 1 aromatic rings. The fourth-order valence-corrected chi connectivity index (χ4v) is 2.59. The van der Waals surface area contributed by atoms with Gasteiger partial charge < -0.3 is 20.7 Å². The first-order valence-electron chi connectivity index (χ1n) is 6.75. The molecule has 0 aromatic carbocycles. The SMILES string of the molecule is CNc1ncnc(N2CCC(CC(N)=O)CC2)c1OC. The summed E-state index contributed by atoms with van der Waals surface area (Å²) in [5.74, 6) is 2.28. The van der Waals surface area contributed by atoms with Crippen LogP contribution in [0.4, 0.5) is 11.6 Å². The van der Waals surface area contributed by atoms with E-state index >= 15 is 0 Å². The van der Waals surface area contributed by atoms with Gasteiger partial charge >= 0.3 is 0 Å². The molecule has 110 valence electrons. The van der Waals surface area contributed by atoms with Gasteiger partial charge in [-0.05, 0) is 18.8 Å². The second-order valence-electron chi connectivity index (χ2n) is 4.93. The lowest BCUT2D eigenvalue weighted by Crippen LogP contribution is -2.35. The van der Waals surface area contributed by atoms with Crippen molar-refractivity contribution >= 4 is 17.5 Å². The third-order valence-corrected chi connectivity index (χ3v) is 3.63. The van der Waals surface area contributed by atoms with E-state index in [1.807, 2.05) is 0 Å². The Morgan fingerprint density at radius 3 is 2.75 bits per heavy atom. The van der Waals surface area contributed by atoms with E-state index in [4.69, 9.17) is 10.5 Å². The summed E-state index contributed by atoms with van der Waals surface area (Å²) in [7, 11) is 3.41. The van der Waals surface area contributed by atoms with Crippen LogP contribution in [0.5, 0.6) is 5.75 Å². The van der Waals surface area contributed by atoms with Crippen LogP contribution < -0.4 is 20.7 Å². The maximum absolute atomic E-state index is 11.0. The number of nitrogens with zero attached hydrogens (tertiary/aromatic N) is 3. The first kappa shape index (κ1) is 14.4. The Bertz CT molecular complexity index is 472. The zero-order valence-electron chi connectivity index (χ0n) is 11.9. The number of nitrogens with one attached hydrogen (secondary N) is 1. The standard InChI is InChI=1S/C13H21N5O2/c1-15-12-11(20-2)13(17-8-16-12)18-5-3-9(4-6-18)7-10(14)19/h8-9H,3-7H2,1-2H3,(H2,14,19)(H,15,16,17). The van der Waals surface area contributed by atoms with E-state index in [0.29, 0.717) is 23.9 Å². The molecule has 1 aliphatic heterocycles. The fraction of sp³-hybridized carbons (Fsp3) is 0.615. The van der Waals surface area contributed by atoms with Gasteiger partial charge in [-0.25, -0.2) is 9.97 Å². The molecule has 0 bridgehead atoms. The Morgan fingerprint density at radius 1 is 1.50 bits per heavy atom. The predicted molar refractivity (Wildman–Crippen MR) is 76.9 cm³/mol. The van der Waals surface area contributed by atoms with E-state index in [9.17, 15) is 4.79 Å². The van der Waals surface area contributed by atoms with Crippen molar-refractivity contribution in [2.45, 2.75) is 19.3 Å². The summed E-state index contributed by atoms with van der Waals surface area (Å²) in [5.41, 5.74) is 5.25. The zero-order valence-corrected chi connectivity index (χ0v) is 11.9. The lowest BCUT2D eigenvalue weighted by Gasteiger charge is -2.33. The van der Waals surface area contributed by atoms with E-state index in [1.165, 1.54) is 6.33 Å². The summed E-state index contributed by atoms with van der Waals surface area (Å²) < 4.78 is 5.41. The largest absolute Gasteiger partial charge is 0.490 e. The highest BCUT2D eigenvalue weighted by Gasteiger charge is 2.24. The molecule has 3 N–H and O–H groups in total. The number of hydrogen-bond acceptors (Lipinski definition) is 6. The molecule has 0 radical (unpaired) electrons. The Hall–Kier alpha value is -2.05. The molecular weight excluding hydrogens is 258 g/mol. The van der Waals surface area contributed by atoms with Gasteiger partial charge in [0, 0.05) is 26.6 Å². The van der Waals surface area contributed by atoms with Crippen molar-refractivity contribution in [1.29, 1.82) is 0 Å². The van der Waals surface area contributed by atoms with Crippen molar-refractivity contribution in [3.05, 3.63) is 6.33 Å². The number of carbonyl (C=O) groups excluding carboxylic acids is 1. The molecule has 7 heteroatoms. The van der Waals surface area contributed by atoms with Gasteiger partial charge in [-0.15, -0.1) is 0 Å². The highest BCUT2D eigenvalue weighted by atomic mass is 16.5. The first-order chi connectivity index (χ1) is 9.65. The number of methoxy groups -OCH3 is 1. The monoisotopic (exact) mass is 279 g/mol. The molecule has 1 aromatic heterocycles. The zero-order chi connectivity index (χ0) is 14.5. The minimum atomic E-state index is -0.222. The van der Waals surface area contributed by atoms with E-state index in [2.05, 4.69) is 20.2 Å². The van der Waals surface area contributed by atoms with Crippen LogP contribution in [0.2, 0.25) is 0 Å². The lowest BCUT2D eigenvalue weighted by atomic mass is 9.93. The quantitative estimate of drug-likeness (QED) is 0.820. The summed E-state index contributed by atoms with van der Waals surface area (Å²) in [5, 5.41) is 3.00. The highest BCUT2D eigenvalue weighted by Crippen LogP contribution is 2.34. The Labute approximate surface area is 118 Å².